The zero-order valence-electron chi connectivity index (χ0n) is 18.2. The largest absolute Gasteiger partial charge is 0.466 e. The van der Waals surface area contributed by atoms with Crippen LogP contribution < -0.4 is 0 Å². The molecule has 0 rings (SSSR count). The number of hydrogen-bond donors (Lipinski definition) is 0. The van der Waals surface area contributed by atoms with Gasteiger partial charge in [-0.3, -0.25) is 9.59 Å². The third-order valence-corrected chi connectivity index (χ3v) is 5.05. The predicted octanol–water partition coefficient (Wildman–Crippen LogP) is 6.60. The van der Waals surface area contributed by atoms with E-state index in [0.29, 0.717) is 32.0 Å². The van der Waals surface area contributed by atoms with Crippen LogP contribution in [0, 0.1) is 5.92 Å². The van der Waals surface area contributed by atoms with Gasteiger partial charge in [-0.1, -0.05) is 78.6 Å². The molecule has 160 valence electrons. The van der Waals surface area contributed by atoms with Gasteiger partial charge in [0, 0.05) is 12.8 Å². The molecule has 0 bridgehead atoms. The van der Waals surface area contributed by atoms with Crippen molar-refractivity contribution in [3.63, 3.8) is 0 Å². The summed E-state index contributed by atoms with van der Waals surface area (Å²) in [4.78, 5) is 23.4. The van der Waals surface area contributed by atoms with Crippen LogP contribution in [0.2, 0.25) is 0 Å². The number of rotatable bonds is 19. The van der Waals surface area contributed by atoms with Crippen molar-refractivity contribution in [2.75, 3.05) is 13.2 Å². The topological polar surface area (TPSA) is 52.6 Å². The van der Waals surface area contributed by atoms with Gasteiger partial charge in [0.1, 0.15) is 0 Å². The van der Waals surface area contributed by atoms with Crippen LogP contribution in [0.25, 0.3) is 0 Å². The van der Waals surface area contributed by atoms with Gasteiger partial charge >= 0.3 is 11.9 Å². The Morgan fingerprint density at radius 1 is 0.667 bits per heavy atom. The highest BCUT2D eigenvalue weighted by atomic mass is 16.5. The van der Waals surface area contributed by atoms with Gasteiger partial charge in [0.25, 0.3) is 0 Å². The molecule has 0 aromatic rings. The Labute approximate surface area is 167 Å². The standard InChI is InChI=1S/C23H44O4/c1-4-7-9-10-11-15-19-26-22(24)17-13-12-14-18-23(25)27-20-21(6-3)16-8-5-2/h21H,4-20H2,1-3H3. The van der Waals surface area contributed by atoms with Gasteiger partial charge in [0.2, 0.25) is 0 Å². The second kappa shape index (κ2) is 19.7. The number of carbonyl (C=O) groups excluding carboxylic acids is 2. The molecule has 4 nitrogen and oxygen atoms in total. The van der Waals surface area contributed by atoms with Crippen molar-refractivity contribution in [3.8, 4) is 0 Å². The summed E-state index contributed by atoms with van der Waals surface area (Å²) in [5.74, 6) is 0.291. The fourth-order valence-electron chi connectivity index (χ4n) is 3.04. The number of ether oxygens (including phenoxy) is 2. The summed E-state index contributed by atoms with van der Waals surface area (Å²) in [7, 11) is 0. The smallest absolute Gasteiger partial charge is 0.305 e. The summed E-state index contributed by atoms with van der Waals surface area (Å²) in [6.45, 7) is 7.65. The van der Waals surface area contributed by atoms with Crippen molar-refractivity contribution >= 4 is 11.9 Å². The van der Waals surface area contributed by atoms with Gasteiger partial charge in [-0.25, -0.2) is 0 Å². The Bertz CT molecular complexity index is 354. The zero-order valence-corrected chi connectivity index (χ0v) is 18.2. The molecule has 0 aliphatic heterocycles. The average Bonchev–Trinajstić information content (AvgIpc) is 2.67. The monoisotopic (exact) mass is 384 g/mol. The second-order valence-corrected chi connectivity index (χ2v) is 7.65. The van der Waals surface area contributed by atoms with E-state index >= 15 is 0 Å². The minimum Gasteiger partial charge on any atom is -0.466 e. The minimum atomic E-state index is -0.104. The summed E-state index contributed by atoms with van der Waals surface area (Å²) < 4.78 is 10.6. The molecule has 27 heavy (non-hydrogen) atoms. The van der Waals surface area contributed by atoms with Gasteiger partial charge in [0.15, 0.2) is 0 Å². The molecule has 0 aromatic carbocycles. The number of esters is 2. The summed E-state index contributed by atoms with van der Waals surface area (Å²) in [6.07, 6.45) is 15.1. The molecule has 0 saturated carbocycles. The normalized spacial score (nSPS) is 12.0. The Kier molecular flexibility index (Phi) is 18.9. The molecular formula is C23H44O4. The number of unbranched alkanes of at least 4 members (excludes halogenated alkanes) is 8. The molecule has 0 aliphatic carbocycles. The van der Waals surface area contributed by atoms with Crippen LogP contribution >= 0.6 is 0 Å². The van der Waals surface area contributed by atoms with Gasteiger partial charge in [-0.15, -0.1) is 0 Å². The Morgan fingerprint density at radius 2 is 1.22 bits per heavy atom. The van der Waals surface area contributed by atoms with Crippen LogP contribution in [-0.2, 0) is 19.1 Å². The summed E-state index contributed by atoms with van der Waals surface area (Å²) >= 11 is 0. The average molecular weight is 385 g/mol. The fourth-order valence-corrected chi connectivity index (χ4v) is 3.04. The second-order valence-electron chi connectivity index (χ2n) is 7.65. The van der Waals surface area contributed by atoms with E-state index < -0.39 is 0 Å². The predicted molar refractivity (Wildman–Crippen MR) is 112 cm³/mol. The molecular weight excluding hydrogens is 340 g/mol. The first kappa shape index (κ1) is 25.9. The maximum atomic E-state index is 11.8. The van der Waals surface area contributed by atoms with Gasteiger partial charge in [0.05, 0.1) is 13.2 Å². The molecule has 4 heteroatoms. The number of carbonyl (C=O) groups is 2. The molecule has 1 unspecified atom stereocenters. The molecule has 0 heterocycles. The highest BCUT2D eigenvalue weighted by molar-refractivity contribution is 5.69. The van der Waals surface area contributed by atoms with E-state index in [1.165, 1.54) is 38.5 Å². The van der Waals surface area contributed by atoms with E-state index in [9.17, 15) is 9.59 Å². The summed E-state index contributed by atoms with van der Waals surface area (Å²) in [5.41, 5.74) is 0. The van der Waals surface area contributed by atoms with Crippen molar-refractivity contribution in [3.05, 3.63) is 0 Å². The first-order chi connectivity index (χ1) is 13.1. The molecule has 0 saturated heterocycles. The highest BCUT2D eigenvalue weighted by Gasteiger charge is 2.10. The lowest BCUT2D eigenvalue weighted by molar-refractivity contribution is -0.145. The molecule has 0 aliphatic rings. The molecule has 0 aromatic heterocycles. The van der Waals surface area contributed by atoms with E-state index in [-0.39, 0.29) is 11.9 Å². The van der Waals surface area contributed by atoms with E-state index in [4.69, 9.17) is 9.47 Å². The maximum absolute atomic E-state index is 11.8. The third-order valence-electron chi connectivity index (χ3n) is 5.05. The number of hydrogen-bond acceptors (Lipinski definition) is 4. The minimum absolute atomic E-state index is 0.101. The molecule has 1 atom stereocenters. The van der Waals surface area contributed by atoms with Gasteiger partial charge in [-0.2, -0.15) is 0 Å². The van der Waals surface area contributed by atoms with Crippen molar-refractivity contribution in [2.45, 2.75) is 117 Å². The van der Waals surface area contributed by atoms with Crippen LogP contribution in [0.4, 0.5) is 0 Å². The highest BCUT2D eigenvalue weighted by Crippen LogP contribution is 2.14. The zero-order chi connectivity index (χ0) is 20.2. The Hall–Kier alpha value is -1.06. The Morgan fingerprint density at radius 3 is 1.85 bits per heavy atom. The summed E-state index contributed by atoms with van der Waals surface area (Å²) in [6, 6.07) is 0. The van der Waals surface area contributed by atoms with Crippen molar-refractivity contribution < 1.29 is 19.1 Å². The molecule has 0 spiro atoms. The molecule has 0 fully saturated rings. The van der Waals surface area contributed by atoms with Crippen LogP contribution in [0.1, 0.15) is 117 Å². The van der Waals surface area contributed by atoms with Gasteiger partial charge in [-0.05, 0) is 31.6 Å². The lowest BCUT2D eigenvalue weighted by atomic mass is 10.0. The van der Waals surface area contributed by atoms with E-state index in [0.717, 1.165) is 44.9 Å². The van der Waals surface area contributed by atoms with E-state index in [1.54, 1.807) is 0 Å². The SMILES string of the molecule is CCCCCCCCOC(=O)CCCCCC(=O)OCC(CC)CCCC. The van der Waals surface area contributed by atoms with Crippen LogP contribution in [0.5, 0.6) is 0 Å². The van der Waals surface area contributed by atoms with Crippen molar-refractivity contribution in [2.24, 2.45) is 5.92 Å². The maximum Gasteiger partial charge on any atom is 0.305 e. The first-order valence-corrected chi connectivity index (χ1v) is 11.4. The third kappa shape index (κ3) is 18.1. The van der Waals surface area contributed by atoms with E-state index in [2.05, 4.69) is 20.8 Å². The molecule has 0 N–H and O–H groups in total. The lowest BCUT2D eigenvalue weighted by Crippen LogP contribution is -2.13. The quantitative estimate of drug-likeness (QED) is 0.186. The van der Waals surface area contributed by atoms with Crippen molar-refractivity contribution in [1.29, 1.82) is 0 Å². The molecule has 0 amide bonds. The summed E-state index contributed by atoms with van der Waals surface area (Å²) in [5, 5.41) is 0. The first-order valence-electron chi connectivity index (χ1n) is 11.4. The van der Waals surface area contributed by atoms with Gasteiger partial charge < -0.3 is 9.47 Å². The van der Waals surface area contributed by atoms with Crippen LogP contribution in [-0.4, -0.2) is 25.2 Å². The molecule has 0 radical (unpaired) electrons. The van der Waals surface area contributed by atoms with Crippen LogP contribution in [0.3, 0.4) is 0 Å². The Balaban J connectivity index is 3.48. The van der Waals surface area contributed by atoms with Crippen LogP contribution in [0.15, 0.2) is 0 Å². The van der Waals surface area contributed by atoms with E-state index in [1.807, 2.05) is 0 Å². The lowest BCUT2D eigenvalue weighted by Gasteiger charge is -2.14. The van der Waals surface area contributed by atoms with Crippen molar-refractivity contribution in [1.82, 2.24) is 0 Å². The fraction of sp³-hybridized carbons (Fsp3) is 0.913.